The Kier molecular flexibility index (Phi) is 16.5. The van der Waals surface area contributed by atoms with E-state index in [1.807, 2.05) is 64.1 Å². The van der Waals surface area contributed by atoms with Crippen LogP contribution in [0.3, 0.4) is 0 Å². The van der Waals surface area contributed by atoms with E-state index in [1.54, 1.807) is 0 Å². The van der Waals surface area contributed by atoms with Crippen LogP contribution in [0.2, 0.25) is 0 Å². The van der Waals surface area contributed by atoms with Gasteiger partial charge in [0.2, 0.25) is 11.8 Å². The number of unbranched alkanes of at least 4 members (excludes halogenated alkanes) is 2. The molecule has 4 aromatic rings. The number of hydrogen-bond donors (Lipinski definition) is 5. The van der Waals surface area contributed by atoms with Gasteiger partial charge in [-0.3, -0.25) is 14.4 Å². The molecular weight excluding hydrogens is 663 g/mol. The van der Waals surface area contributed by atoms with E-state index in [0.717, 1.165) is 51.9 Å². The molecule has 8 heteroatoms. The topological polar surface area (TPSA) is 142 Å². The highest BCUT2D eigenvalue weighted by atomic mass is 16.3. The van der Waals surface area contributed by atoms with Gasteiger partial charge in [0, 0.05) is 5.92 Å². The molecule has 5 atom stereocenters. The Balaban J connectivity index is 1.66. The second-order valence-corrected chi connectivity index (χ2v) is 15.2. The minimum atomic E-state index is -1.17. The molecule has 0 saturated heterocycles. The van der Waals surface area contributed by atoms with Crippen LogP contribution in [-0.2, 0) is 27.2 Å². The number of rotatable bonds is 22. The van der Waals surface area contributed by atoms with Crippen LogP contribution in [0.4, 0.5) is 0 Å². The molecule has 0 aliphatic rings. The van der Waals surface area contributed by atoms with Crippen molar-refractivity contribution < 1.29 is 24.6 Å². The van der Waals surface area contributed by atoms with Gasteiger partial charge in [0.15, 0.2) is 0 Å². The number of nitrogens with two attached hydrogens (primary N) is 1. The Bertz CT molecular complexity index is 1680. The summed E-state index contributed by atoms with van der Waals surface area (Å²) in [4.78, 5) is 42.4. The molecule has 4 aromatic carbocycles. The van der Waals surface area contributed by atoms with Gasteiger partial charge in [-0.25, -0.2) is 0 Å². The molecule has 0 saturated carbocycles. The predicted molar refractivity (Wildman–Crippen MR) is 215 cm³/mol. The van der Waals surface area contributed by atoms with E-state index in [1.165, 1.54) is 0 Å². The number of aliphatic hydroxyl groups excluding tert-OH is 2. The van der Waals surface area contributed by atoms with Crippen molar-refractivity contribution in [1.29, 1.82) is 0 Å². The highest BCUT2D eigenvalue weighted by Crippen LogP contribution is 2.29. The first-order chi connectivity index (χ1) is 25.6. The summed E-state index contributed by atoms with van der Waals surface area (Å²) in [5, 5.41) is 31.5. The van der Waals surface area contributed by atoms with Crippen LogP contribution < -0.4 is 16.4 Å². The molecule has 0 aliphatic carbocycles. The third-order valence-corrected chi connectivity index (χ3v) is 10.7. The lowest BCUT2D eigenvalue weighted by molar-refractivity contribution is -0.138. The molecule has 0 aromatic heterocycles. The van der Waals surface area contributed by atoms with Crippen molar-refractivity contribution in [2.45, 2.75) is 104 Å². The predicted octanol–water partition coefficient (Wildman–Crippen LogP) is 6.90. The van der Waals surface area contributed by atoms with Crippen LogP contribution in [0.1, 0.15) is 83.8 Å². The van der Waals surface area contributed by atoms with Crippen molar-refractivity contribution in [3.63, 3.8) is 0 Å². The maximum absolute atomic E-state index is 15.0. The van der Waals surface area contributed by atoms with Crippen molar-refractivity contribution in [2.75, 3.05) is 13.2 Å². The van der Waals surface area contributed by atoms with Gasteiger partial charge in [0.25, 0.3) is 0 Å². The average Bonchev–Trinajstić information content (AvgIpc) is 3.15. The number of aliphatic hydroxyl groups is 2. The number of benzene rings is 4. The molecule has 0 radical (unpaired) electrons. The third kappa shape index (κ3) is 11.9. The fraction of sp³-hybridized carbons (Fsp3) is 0.489. The van der Waals surface area contributed by atoms with E-state index in [4.69, 9.17) is 5.73 Å². The van der Waals surface area contributed by atoms with Crippen LogP contribution in [0, 0.1) is 23.7 Å². The summed E-state index contributed by atoms with van der Waals surface area (Å²) in [6, 6.07) is 27.5. The number of fused-ring (bicyclic) bond motifs is 2. The quantitative estimate of drug-likeness (QED) is 0.0441. The number of amides is 2. The first kappa shape index (κ1) is 41.6. The fourth-order valence-corrected chi connectivity index (χ4v) is 7.46. The van der Waals surface area contributed by atoms with Crippen molar-refractivity contribution in [1.82, 2.24) is 10.6 Å². The first-order valence-electron chi connectivity index (χ1n) is 19.6. The van der Waals surface area contributed by atoms with Gasteiger partial charge in [0.1, 0.15) is 5.78 Å². The van der Waals surface area contributed by atoms with Crippen LogP contribution >= 0.6 is 0 Å². The lowest BCUT2D eigenvalue weighted by Gasteiger charge is -2.29. The molecule has 53 heavy (non-hydrogen) atoms. The summed E-state index contributed by atoms with van der Waals surface area (Å²) in [6.07, 6.45) is 3.36. The maximum Gasteiger partial charge on any atom is 0.230 e. The van der Waals surface area contributed by atoms with E-state index in [0.29, 0.717) is 38.6 Å². The molecule has 0 heterocycles. The number of Topliss-reactive ketones (excluding diaryl/α,β-unsaturated/α-hetero) is 1. The lowest BCUT2D eigenvalue weighted by Crippen LogP contribution is -2.50. The zero-order valence-electron chi connectivity index (χ0n) is 32.1. The number of carbonyl (C=O) groups is 3. The van der Waals surface area contributed by atoms with Crippen molar-refractivity contribution in [3.8, 4) is 0 Å². The molecule has 8 nitrogen and oxygen atoms in total. The Labute approximate surface area is 315 Å². The number of carbonyl (C=O) groups excluding carboxylic acids is 3. The molecule has 286 valence electrons. The van der Waals surface area contributed by atoms with Crippen LogP contribution in [0.25, 0.3) is 21.5 Å². The Morgan fingerprint density at radius 2 is 1.30 bits per heavy atom. The smallest absolute Gasteiger partial charge is 0.230 e. The zero-order valence-corrected chi connectivity index (χ0v) is 32.1. The fourth-order valence-electron chi connectivity index (χ4n) is 7.46. The molecule has 2 amide bonds. The van der Waals surface area contributed by atoms with Gasteiger partial charge in [-0.05, 0) is 83.2 Å². The molecule has 1 unspecified atom stereocenters. The molecule has 0 spiro atoms. The molecular formula is C45H61N3O5. The van der Waals surface area contributed by atoms with Gasteiger partial charge >= 0.3 is 0 Å². The zero-order chi connectivity index (χ0) is 38.3. The van der Waals surface area contributed by atoms with E-state index < -0.39 is 35.9 Å². The molecule has 6 N–H and O–H groups in total. The SMILES string of the molecule is CC[C@H](C)[C@@H](CO)NC(=O)C[C@H](O)[C@H](CC(C)C)NC(=O)C(CCCCCN)C(=O)C(Cc1cccc2ccccc12)Cc1cccc2ccccc12. The minimum Gasteiger partial charge on any atom is -0.394 e. The van der Waals surface area contributed by atoms with Crippen LogP contribution in [-0.4, -0.2) is 59.1 Å². The van der Waals surface area contributed by atoms with Gasteiger partial charge in [-0.1, -0.05) is 132 Å². The average molecular weight is 724 g/mol. The van der Waals surface area contributed by atoms with Gasteiger partial charge in [0.05, 0.1) is 37.1 Å². The lowest BCUT2D eigenvalue weighted by atomic mass is 9.80. The van der Waals surface area contributed by atoms with Crippen molar-refractivity contribution in [3.05, 3.63) is 96.1 Å². The van der Waals surface area contributed by atoms with E-state index >= 15 is 0 Å². The second kappa shape index (κ2) is 21.0. The van der Waals surface area contributed by atoms with E-state index in [9.17, 15) is 24.6 Å². The van der Waals surface area contributed by atoms with Crippen molar-refractivity contribution >= 4 is 39.1 Å². The molecule has 0 bridgehead atoms. The standard InChI is InChI=1S/C45H61N3O5/c1-5-31(4)41(29-49)47-43(51)28-42(50)40(25-30(2)3)48-45(53)39(23-7-6-12-24-46)44(52)36(26-34-19-13-17-32-15-8-10-21-37(32)34)27-35-20-14-18-33-16-9-11-22-38(33)35/h8-11,13-22,30-31,36,39-42,49-50H,5-7,12,23-29,46H2,1-4H3,(H,47,51)(H,48,53)/t31-,39?,40-,41+,42-/m0/s1. The highest BCUT2D eigenvalue weighted by Gasteiger charge is 2.35. The summed E-state index contributed by atoms with van der Waals surface area (Å²) < 4.78 is 0. The summed E-state index contributed by atoms with van der Waals surface area (Å²) in [7, 11) is 0. The van der Waals surface area contributed by atoms with Crippen LogP contribution in [0.5, 0.6) is 0 Å². The van der Waals surface area contributed by atoms with E-state index in [2.05, 4.69) is 59.2 Å². The molecule has 4 rings (SSSR count). The molecule has 0 aliphatic heterocycles. The summed E-state index contributed by atoms with van der Waals surface area (Å²) in [6.45, 7) is 8.28. The summed E-state index contributed by atoms with van der Waals surface area (Å²) in [5.41, 5.74) is 7.92. The Morgan fingerprint density at radius 3 is 1.83 bits per heavy atom. The number of hydrogen-bond acceptors (Lipinski definition) is 6. The van der Waals surface area contributed by atoms with E-state index in [-0.39, 0.29) is 36.6 Å². The van der Waals surface area contributed by atoms with Gasteiger partial charge < -0.3 is 26.6 Å². The summed E-state index contributed by atoms with van der Waals surface area (Å²) in [5.74, 6) is -2.19. The normalized spacial score (nSPS) is 14.6. The number of ketones is 1. The summed E-state index contributed by atoms with van der Waals surface area (Å²) >= 11 is 0. The number of nitrogens with one attached hydrogen (secondary N) is 2. The third-order valence-electron chi connectivity index (χ3n) is 10.7. The maximum atomic E-state index is 15.0. The first-order valence-corrected chi connectivity index (χ1v) is 19.6. The monoisotopic (exact) mass is 723 g/mol. The largest absolute Gasteiger partial charge is 0.394 e. The second-order valence-electron chi connectivity index (χ2n) is 15.2. The minimum absolute atomic E-state index is 0.0639. The Morgan fingerprint density at radius 1 is 0.736 bits per heavy atom. The van der Waals surface area contributed by atoms with Crippen molar-refractivity contribution in [2.24, 2.45) is 29.4 Å². The Hall–Kier alpha value is -4.11. The highest BCUT2D eigenvalue weighted by molar-refractivity contribution is 6.03. The van der Waals surface area contributed by atoms with Crippen LogP contribution in [0.15, 0.2) is 84.9 Å². The van der Waals surface area contributed by atoms with Gasteiger partial charge in [-0.15, -0.1) is 0 Å². The van der Waals surface area contributed by atoms with Gasteiger partial charge in [-0.2, -0.15) is 0 Å². The molecule has 0 fully saturated rings.